The first-order valence-electron chi connectivity index (χ1n) is 6.64. The molecule has 3 heterocycles. The summed E-state index contributed by atoms with van der Waals surface area (Å²) in [7, 11) is 0. The molecule has 0 saturated carbocycles. The predicted molar refractivity (Wildman–Crippen MR) is 85.1 cm³/mol. The van der Waals surface area contributed by atoms with Crippen LogP contribution in [-0.4, -0.2) is 25.7 Å². The van der Waals surface area contributed by atoms with E-state index in [2.05, 4.69) is 20.4 Å². The van der Waals surface area contributed by atoms with E-state index in [0.29, 0.717) is 22.4 Å². The molecule has 0 aliphatic heterocycles. The van der Waals surface area contributed by atoms with E-state index < -0.39 is 0 Å². The summed E-state index contributed by atoms with van der Waals surface area (Å²) in [6, 6.07) is 9.11. The third-order valence-electron chi connectivity index (χ3n) is 3.00. The van der Waals surface area contributed by atoms with Gasteiger partial charge in [0, 0.05) is 18.6 Å². The van der Waals surface area contributed by atoms with Crippen molar-refractivity contribution in [2.45, 2.75) is 6.54 Å². The number of H-pyrrole nitrogens is 1. The number of pyridine rings is 2. The molecular formula is C15H13N5OS. The molecule has 3 rings (SSSR count). The van der Waals surface area contributed by atoms with Gasteiger partial charge in [0.1, 0.15) is 4.64 Å². The molecule has 3 aromatic rings. The molecule has 2 N–H and O–H groups in total. The number of nitrogens with one attached hydrogen (secondary N) is 2. The topological polar surface area (TPSA) is 75.6 Å². The van der Waals surface area contributed by atoms with Crippen molar-refractivity contribution in [1.29, 1.82) is 0 Å². The van der Waals surface area contributed by atoms with Crippen LogP contribution < -0.4 is 5.32 Å². The molecule has 0 aliphatic carbocycles. The van der Waals surface area contributed by atoms with Crippen LogP contribution in [0.2, 0.25) is 0 Å². The second kappa shape index (κ2) is 6.31. The zero-order chi connectivity index (χ0) is 15.4. The first-order chi connectivity index (χ1) is 10.7. The minimum Gasteiger partial charge on any atom is -0.352 e. The van der Waals surface area contributed by atoms with Gasteiger partial charge in [-0.2, -0.15) is 5.10 Å². The number of nitrogens with zero attached hydrogens (tertiary/aromatic N) is 3. The number of carbonyl (C=O) groups excluding carboxylic acids is 1. The summed E-state index contributed by atoms with van der Waals surface area (Å²) < 4.78 is 2.12. The van der Waals surface area contributed by atoms with Gasteiger partial charge in [-0.15, -0.1) is 0 Å². The highest BCUT2D eigenvalue weighted by Crippen LogP contribution is 2.09. The Kier molecular flexibility index (Phi) is 4.06. The van der Waals surface area contributed by atoms with Gasteiger partial charge < -0.3 is 10.3 Å². The van der Waals surface area contributed by atoms with E-state index >= 15 is 0 Å². The number of amides is 1. The Bertz CT molecular complexity index is 840. The zero-order valence-electron chi connectivity index (χ0n) is 11.6. The van der Waals surface area contributed by atoms with Crippen LogP contribution in [0.15, 0.2) is 55.1 Å². The molecule has 7 heteroatoms. The van der Waals surface area contributed by atoms with Gasteiger partial charge in [0.15, 0.2) is 0 Å². The van der Waals surface area contributed by atoms with E-state index in [1.54, 1.807) is 41.6 Å². The van der Waals surface area contributed by atoms with Crippen LogP contribution in [-0.2, 0) is 6.54 Å². The number of hydrogen-bond acceptors (Lipinski definition) is 4. The molecule has 0 atom stereocenters. The highest BCUT2D eigenvalue weighted by Gasteiger charge is 2.09. The van der Waals surface area contributed by atoms with E-state index in [9.17, 15) is 4.79 Å². The average Bonchev–Trinajstić information content (AvgIpc) is 2.95. The molecule has 22 heavy (non-hydrogen) atoms. The normalized spacial score (nSPS) is 10.4. The van der Waals surface area contributed by atoms with Gasteiger partial charge in [-0.05, 0) is 24.3 Å². The SMILES string of the molecule is O=C(Nc1cnn(Cc2ccccn2)c1)c1ccc[nH]c1=S. The van der Waals surface area contributed by atoms with E-state index in [0.717, 1.165) is 5.69 Å². The summed E-state index contributed by atoms with van der Waals surface area (Å²) in [5.74, 6) is -0.265. The quantitative estimate of drug-likeness (QED) is 0.726. The minimum absolute atomic E-state index is 0.265. The number of carbonyl (C=O) groups is 1. The molecule has 110 valence electrons. The Morgan fingerprint density at radius 3 is 3.00 bits per heavy atom. The lowest BCUT2D eigenvalue weighted by atomic mass is 10.2. The maximum Gasteiger partial charge on any atom is 0.258 e. The summed E-state index contributed by atoms with van der Waals surface area (Å²) in [6.45, 7) is 0.544. The third kappa shape index (κ3) is 3.26. The van der Waals surface area contributed by atoms with E-state index in [-0.39, 0.29) is 5.91 Å². The average molecular weight is 311 g/mol. The summed E-state index contributed by atoms with van der Waals surface area (Å²) in [5.41, 5.74) is 1.93. The second-order valence-electron chi connectivity index (χ2n) is 4.61. The van der Waals surface area contributed by atoms with Crippen molar-refractivity contribution in [1.82, 2.24) is 19.7 Å². The Morgan fingerprint density at radius 2 is 2.23 bits per heavy atom. The van der Waals surface area contributed by atoms with E-state index in [4.69, 9.17) is 12.2 Å². The van der Waals surface area contributed by atoms with Crippen molar-refractivity contribution in [2.75, 3.05) is 5.32 Å². The fraction of sp³-hybridized carbons (Fsp3) is 0.0667. The molecule has 0 spiro atoms. The molecule has 0 aromatic carbocycles. The Morgan fingerprint density at radius 1 is 1.32 bits per heavy atom. The number of anilines is 1. The standard InChI is InChI=1S/C15H13N5OS/c21-14(13-5-3-7-17-15(13)22)19-12-8-18-20(10-12)9-11-4-1-2-6-16-11/h1-8,10H,9H2,(H,17,22)(H,19,21). The molecule has 0 bridgehead atoms. The molecule has 0 unspecified atom stereocenters. The van der Waals surface area contributed by atoms with Gasteiger partial charge in [0.05, 0.1) is 29.7 Å². The van der Waals surface area contributed by atoms with Crippen LogP contribution in [0.1, 0.15) is 16.1 Å². The van der Waals surface area contributed by atoms with Crippen molar-refractivity contribution in [3.8, 4) is 0 Å². The Hall–Kier alpha value is -2.80. The van der Waals surface area contributed by atoms with Crippen LogP contribution in [0.4, 0.5) is 5.69 Å². The summed E-state index contributed by atoms with van der Waals surface area (Å²) in [4.78, 5) is 19.2. The second-order valence-corrected chi connectivity index (χ2v) is 5.02. The maximum absolute atomic E-state index is 12.2. The lowest BCUT2D eigenvalue weighted by Gasteiger charge is -2.02. The van der Waals surface area contributed by atoms with Gasteiger partial charge in [-0.1, -0.05) is 18.3 Å². The van der Waals surface area contributed by atoms with E-state index in [1.165, 1.54) is 0 Å². The Balaban J connectivity index is 1.71. The van der Waals surface area contributed by atoms with Crippen LogP contribution in [0.3, 0.4) is 0 Å². The highest BCUT2D eigenvalue weighted by molar-refractivity contribution is 7.71. The summed E-state index contributed by atoms with van der Waals surface area (Å²) in [5, 5.41) is 6.98. The lowest BCUT2D eigenvalue weighted by molar-refractivity contribution is 0.102. The number of hydrogen-bond donors (Lipinski definition) is 2. The van der Waals surface area contributed by atoms with Gasteiger partial charge in [0.25, 0.3) is 5.91 Å². The molecule has 1 amide bonds. The fourth-order valence-electron chi connectivity index (χ4n) is 1.97. The van der Waals surface area contributed by atoms with Crippen LogP contribution in [0.5, 0.6) is 0 Å². The minimum atomic E-state index is -0.265. The van der Waals surface area contributed by atoms with Gasteiger partial charge >= 0.3 is 0 Å². The van der Waals surface area contributed by atoms with Gasteiger partial charge in [-0.25, -0.2) is 0 Å². The summed E-state index contributed by atoms with van der Waals surface area (Å²) >= 11 is 5.09. The molecular weight excluding hydrogens is 298 g/mol. The van der Waals surface area contributed by atoms with Crippen molar-refractivity contribution in [3.63, 3.8) is 0 Å². The van der Waals surface area contributed by atoms with Crippen molar-refractivity contribution >= 4 is 23.8 Å². The monoisotopic (exact) mass is 311 g/mol. The maximum atomic E-state index is 12.2. The highest BCUT2D eigenvalue weighted by atomic mass is 32.1. The first-order valence-corrected chi connectivity index (χ1v) is 7.04. The van der Waals surface area contributed by atoms with Gasteiger partial charge in [-0.3, -0.25) is 14.5 Å². The summed E-state index contributed by atoms with van der Waals surface area (Å²) in [6.07, 6.45) is 6.77. The van der Waals surface area contributed by atoms with Crippen LogP contribution >= 0.6 is 12.2 Å². The predicted octanol–water partition coefficient (Wildman–Crippen LogP) is 2.64. The number of aromatic amines is 1. The molecule has 3 aromatic heterocycles. The molecule has 0 saturated heterocycles. The first kappa shape index (κ1) is 14.2. The molecule has 0 aliphatic rings. The van der Waals surface area contributed by atoms with Crippen molar-refractivity contribution < 1.29 is 4.79 Å². The lowest BCUT2D eigenvalue weighted by Crippen LogP contribution is -2.12. The van der Waals surface area contributed by atoms with Crippen molar-refractivity contribution in [2.24, 2.45) is 0 Å². The number of rotatable bonds is 4. The van der Waals surface area contributed by atoms with Crippen molar-refractivity contribution in [3.05, 3.63) is 71.0 Å². The smallest absolute Gasteiger partial charge is 0.258 e. The van der Waals surface area contributed by atoms with E-state index in [1.807, 2.05) is 18.2 Å². The van der Waals surface area contributed by atoms with Crippen LogP contribution in [0.25, 0.3) is 0 Å². The largest absolute Gasteiger partial charge is 0.352 e. The zero-order valence-corrected chi connectivity index (χ0v) is 12.4. The van der Waals surface area contributed by atoms with Crippen LogP contribution in [0, 0.1) is 4.64 Å². The Labute approximate surface area is 131 Å². The number of aromatic nitrogens is 4. The fourth-order valence-corrected chi connectivity index (χ4v) is 2.20. The third-order valence-corrected chi connectivity index (χ3v) is 3.34. The van der Waals surface area contributed by atoms with Gasteiger partial charge in [0.2, 0.25) is 0 Å². The molecule has 0 fully saturated rings. The molecule has 0 radical (unpaired) electrons. The molecule has 6 nitrogen and oxygen atoms in total.